The zero-order valence-electron chi connectivity index (χ0n) is 14.1. The van der Waals surface area contributed by atoms with E-state index in [1.54, 1.807) is 31.1 Å². The summed E-state index contributed by atoms with van der Waals surface area (Å²) >= 11 is 0. The molecule has 0 bridgehead atoms. The molecule has 0 aliphatic rings. The number of hydrogen-bond donors (Lipinski definition) is 1. The average molecular weight is 303 g/mol. The van der Waals surface area contributed by atoms with Gasteiger partial charge in [0.1, 0.15) is 0 Å². The number of rotatable bonds is 5. The molecule has 0 unspecified atom stereocenters. The summed E-state index contributed by atoms with van der Waals surface area (Å²) in [5.74, 6) is -0.0483. The first-order chi connectivity index (χ1) is 10.3. The van der Waals surface area contributed by atoms with Gasteiger partial charge in [-0.05, 0) is 44.5 Å². The Hall–Kier alpha value is -2.30. The molecule has 0 saturated heterocycles. The van der Waals surface area contributed by atoms with E-state index >= 15 is 0 Å². The van der Waals surface area contributed by atoms with Gasteiger partial charge in [-0.25, -0.2) is 4.79 Å². The van der Waals surface area contributed by atoms with E-state index in [0.717, 1.165) is 11.1 Å². The third-order valence-electron chi connectivity index (χ3n) is 3.24. The molecule has 0 saturated carbocycles. The van der Waals surface area contributed by atoms with E-state index in [2.05, 4.69) is 11.9 Å². The van der Waals surface area contributed by atoms with Crippen LogP contribution in [0.25, 0.3) is 0 Å². The molecule has 0 spiro atoms. The number of benzene rings is 1. The third kappa shape index (κ3) is 4.62. The zero-order valence-corrected chi connectivity index (χ0v) is 14.1. The van der Waals surface area contributed by atoms with Gasteiger partial charge < -0.3 is 15.1 Å². The van der Waals surface area contributed by atoms with Gasteiger partial charge in [-0.2, -0.15) is 0 Å². The van der Waals surface area contributed by atoms with Crippen LogP contribution >= 0.6 is 0 Å². The summed E-state index contributed by atoms with van der Waals surface area (Å²) in [6.45, 7) is 10.6. The number of nitrogens with zero attached hydrogens (tertiary/aromatic N) is 2. The number of hydrogen-bond acceptors (Lipinski definition) is 2. The molecule has 1 N–H and O–H groups in total. The van der Waals surface area contributed by atoms with Crippen molar-refractivity contribution in [1.82, 2.24) is 9.80 Å². The molecule has 0 aromatic heterocycles. The Morgan fingerprint density at radius 3 is 2.36 bits per heavy atom. The highest BCUT2D eigenvalue weighted by molar-refractivity contribution is 5.96. The highest BCUT2D eigenvalue weighted by Gasteiger charge is 2.14. The highest BCUT2D eigenvalue weighted by atomic mass is 16.2. The molecule has 0 atom stereocenters. The van der Waals surface area contributed by atoms with Crippen LogP contribution in [0.4, 0.5) is 10.5 Å². The third-order valence-corrected chi connectivity index (χ3v) is 3.24. The average Bonchev–Trinajstić information content (AvgIpc) is 2.43. The van der Waals surface area contributed by atoms with Crippen molar-refractivity contribution in [2.24, 2.45) is 0 Å². The van der Waals surface area contributed by atoms with Crippen LogP contribution < -0.4 is 5.32 Å². The molecule has 5 nitrogen and oxygen atoms in total. The molecular weight excluding hydrogens is 278 g/mol. The topological polar surface area (TPSA) is 52.7 Å². The maximum Gasteiger partial charge on any atom is 0.322 e. The maximum absolute atomic E-state index is 12.2. The lowest BCUT2D eigenvalue weighted by molar-refractivity contribution is 0.0827. The van der Waals surface area contributed by atoms with Crippen molar-refractivity contribution >= 4 is 17.6 Å². The van der Waals surface area contributed by atoms with Gasteiger partial charge in [0.25, 0.3) is 5.91 Å². The molecule has 0 radical (unpaired) electrons. The molecular formula is C17H25N3O2. The first kappa shape index (κ1) is 17.8. The summed E-state index contributed by atoms with van der Waals surface area (Å²) in [6.07, 6.45) is 0. The van der Waals surface area contributed by atoms with E-state index in [1.165, 1.54) is 4.90 Å². The van der Waals surface area contributed by atoms with Crippen LogP contribution in [0.3, 0.4) is 0 Å². The van der Waals surface area contributed by atoms with E-state index in [9.17, 15) is 9.59 Å². The van der Waals surface area contributed by atoms with Crippen LogP contribution in [0, 0.1) is 6.92 Å². The van der Waals surface area contributed by atoms with Crippen LogP contribution in [-0.4, -0.2) is 48.9 Å². The second kappa shape index (κ2) is 7.64. The number of amides is 3. The highest BCUT2D eigenvalue weighted by Crippen LogP contribution is 2.17. The van der Waals surface area contributed by atoms with E-state index < -0.39 is 0 Å². The van der Waals surface area contributed by atoms with Crippen molar-refractivity contribution in [3.8, 4) is 0 Å². The van der Waals surface area contributed by atoms with Gasteiger partial charge in [0.05, 0.1) is 0 Å². The largest absolute Gasteiger partial charge is 0.345 e. The van der Waals surface area contributed by atoms with Crippen molar-refractivity contribution in [3.05, 3.63) is 41.5 Å². The van der Waals surface area contributed by atoms with Crippen LogP contribution in [-0.2, 0) is 0 Å². The lowest BCUT2D eigenvalue weighted by Crippen LogP contribution is -2.35. The number of aryl methyl sites for hydroxylation is 1. The first-order valence-corrected chi connectivity index (χ1v) is 7.28. The number of urea groups is 1. The normalized spacial score (nSPS) is 10.0. The standard InChI is InChI=1S/C17H25N3O2/c1-7-20(11-12(2)3)17(22)18-14-8-9-15(13(4)10-14)16(21)19(5)6/h8-10H,2,7,11H2,1,3-6H3,(H,18,22). The number of nitrogens with one attached hydrogen (secondary N) is 1. The molecule has 5 heteroatoms. The van der Waals surface area contributed by atoms with Crippen LogP contribution in [0.5, 0.6) is 0 Å². The summed E-state index contributed by atoms with van der Waals surface area (Å²) in [4.78, 5) is 27.4. The second-order valence-corrected chi connectivity index (χ2v) is 5.63. The second-order valence-electron chi connectivity index (χ2n) is 5.63. The first-order valence-electron chi connectivity index (χ1n) is 7.28. The lowest BCUT2D eigenvalue weighted by Gasteiger charge is -2.22. The van der Waals surface area contributed by atoms with Crippen LogP contribution in [0.15, 0.2) is 30.4 Å². The van der Waals surface area contributed by atoms with Crippen molar-refractivity contribution in [2.75, 3.05) is 32.5 Å². The molecule has 0 heterocycles. The number of carbonyl (C=O) groups is 2. The lowest BCUT2D eigenvalue weighted by atomic mass is 10.1. The summed E-state index contributed by atoms with van der Waals surface area (Å²) < 4.78 is 0. The number of likely N-dealkylation sites (N-methyl/N-ethyl adjacent to an activating group) is 1. The summed E-state index contributed by atoms with van der Waals surface area (Å²) in [6, 6.07) is 5.12. The molecule has 1 aromatic carbocycles. The molecule has 0 aliphatic carbocycles. The Morgan fingerprint density at radius 1 is 1.27 bits per heavy atom. The van der Waals surface area contributed by atoms with Crippen LogP contribution in [0.1, 0.15) is 29.8 Å². The summed E-state index contributed by atoms with van der Waals surface area (Å²) in [5.41, 5.74) is 3.08. The van der Waals surface area contributed by atoms with Gasteiger partial charge in [0.2, 0.25) is 0 Å². The Balaban J connectivity index is 2.87. The fourth-order valence-electron chi connectivity index (χ4n) is 2.08. The van der Waals surface area contributed by atoms with Crippen molar-refractivity contribution in [3.63, 3.8) is 0 Å². The van der Waals surface area contributed by atoms with E-state index in [0.29, 0.717) is 24.3 Å². The van der Waals surface area contributed by atoms with Gasteiger partial charge in [0.15, 0.2) is 0 Å². The minimum atomic E-state index is -0.170. The summed E-state index contributed by atoms with van der Waals surface area (Å²) in [7, 11) is 3.43. The Kier molecular flexibility index (Phi) is 6.16. The minimum Gasteiger partial charge on any atom is -0.345 e. The van der Waals surface area contributed by atoms with Crippen molar-refractivity contribution < 1.29 is 9.59 Å². The molecule has 1 rings (SSSR count). The van der Waals surface area contributed by atoms with E-state index in [4.69, 9.17) is 0 Å². The van der Waals surface area contributed by atoms with Crippen molar-refractivity contribution in [1.29, 1.82) is 0 Å². The molecule has 120 valence electrons. The Morgan fingerprint density at radius 2 is 1.91 bits per heavy atom. The van der Waals surface area contributed by atoms with Crippen molar-refractivity contribution in [2.45, 2.75) is 20.8 Å². The fourth-order valence-corrected chi connectivity index (χ4v) is 2.08. The molecule has 22 heavy (non-hydrogen) atoms. The van der Waals surface area contributed by atoms with E-state index in [1.807, 2.05) is 26.8 Å². The van der Waals surface area contributed by atoms with Gasteiger partial charge >= 0.3 is 6.03 Å². The molecule has 1 aromatic rings. The van der Waals surface area contributed by atoms with Gasteiger partial charge in [0, 0.05) is 38.4 Å². The predicted molar refractivity (Wildman–Crippen MR) is 90.3 cm³/mol. The Bertz CT molecular complexity index is 579. The Labute approximate surface area is 132 Å². The number of carbonyl (C=O) groups excluding carboxylic acids is 2. The SMILES string of the molecule is C=C(C)CN(CC)C(=O)Nc1ccc(C(=O)N(C)C)c(C)c1. The number of anilines is 1. The van der Waals surface area contributed by atoms with Crippen LogP contribution in [0.2, 0.25) is 0 Å². The quantitative estimate of drug-likeness (QED) is 0.850. The molecule has 0 fully saturated rings. The monoisotopic (exact) mass is 303 g/mol. The summed E-state index contributed by atoms with van der Waals surface area (Å²) in [5, 5.41) is 2.86. The maximum atomic E-state index is 12.2. The van der Waals surface area contributed by atoms with Gasteiger partial charge in [-0.1, -0.05) is 12.2 Å². The molecule has 0 aliphatic heterocycles. The molecule has 3 amide bonds. The predicted octanol–water partition coefficient (Wildman–Crippen LogP) is 3.13. The zero-order chi connectivity index (χ0) is 16.9. The minimum absolute atomic E-state index is 0.0483. The van der Waals surface area contributed by atoms with E-state index in [-0.39, 0.29) is 11.9 Å². The fraction of sp³-hybridized carbons (Fsp3) is 0.412. The van der Waals surface area contributed by atoms with Gasteiger partial charge in [-0.15, -0.1) is 0 Å². The van der Waals surface area contributed by atoms with Gasteiger partial charge in [-0.3, -0.25) is 4.79 Å². The smallest absolute Gasteiger partial charge is 0.322 e.